The second-order valence-electron chi connectivity index (χ2n) is 7.65. The summed E-state index contributed by atoms with van der Waals surface area (Å²) in [5.74, 6) is 0.122. The number of anilines is 1. The van der Waals surface area contributed by atoms with Crippen LogP contribution in [0.25, 0.3) is 11.3 Å². The van der Waals surface area contributed by atoms with Crippen LogP contribution in [0.5, 0.6) is 5.75 Å². The number of hydrogen-bond acceptors (Lipinski definition) is 4. The first-order valence-corrected chi connectivity index (χ1v) is 11.0. The van der Waals surface area contributed by atoms with Gasteiger partial charge in [-0.15, -0.1) is 0 Å². The number of piperidine rings is 1. The Bertz CT molecular complexity index is 1070. The van der Waals surface area contributed by atoms with Crippen LogP contribution >= 0.6 is 11.6 Å². The van der Waals surface area contributed by atoms with E-state index in [0.29, 0.717) is 42.4 Å². The number of likely N-dealkylation sites (tertiary alicyclic amines) is 1. The van der Waals surface area contributed by atoms with Crippen LogP contribution < -0.4 is 10.1 Å². The second-order valence-corrected chi connectivity index (χ2v) is 8.06. The van der Waals surface area contributed by atoms with Crippen LogP contribution in [0.1, 0.15) is 19.3 Å². The Hall–Kier alpha value is -3.38. The van der Waals surface area contributed by atoms with Crippen molar-refractivity contribution >= 4 is 29.1 Å². The lowest BCUT2D eigenvalue weighted by Crippen LogP contribution is -2.42. The van der Waals surface area contributed by atoms with E-state index >= 15 is 0 Å². The van der Waals surface area contributed by atoms with Crippen LogP contribution in [-0.2, 0) is 9.59 Å². The lowest BCUT2D eigenvalue weighted by molar-refractivity contribution is -0.136. The van der Waals surface area contributed by atoms with Crippen molar-refractivity contribution < 1.29 is 14.3 Å². The van der Waals surface area contributed by atoms with Gasteiger partial charge in [0.15, 0.2) is 0 Å². The molecule has 1 aliphatic heterocycles. The average Bonchev–Trinajstić information content (AvgIpc) is 2.82. The van der Waals surface area contributed by atoms with Crippen LogP contribution in [0.2, 0.25) is 5.02 Å². The predicted octanol–water partition coefficient (Wildman–Crippen LogP) is 4.80. The fourth-order valence-electron chi connectivity index (χ4n) is 3.64. The molecule has 0 unspecified atom stereocenters. The molecular weight excluding hydrogens is 426 g/mol. The molecule has 0 bridgehead atoms. The number of rotatable bonds is 6. The van der Waals surface area contributed by atoms with Crippen molar-refractivity contribution in [3.63, 3.8) is 0 Å². The molecule has 4 rings (SSSR count). The third-order valence-corrected chi connectivity index (χ3v) is 5.67. The molecule has 1 saturated heterocycles. The summed E-state index contributed by atoms with van der Waals surface area (Å²) in [6.45, 7) is 1.10. The van der Waals surface area contributed by atoms with Gasteiger partial charge in [0.1, 0.15) is 18.3 Å². The van der Waals surface area contributed by atoms with Crippen LogP contribution in [0.3, 0.4) is 0 Å². The van der Waals surface area contributed by atoms with Crippen molar-refractivity contribution in [1.82, 2.24) is 9.88 Å². The van der Waals surface area contributed by atoms with Crippen molar-refractivity contribution in [2.45, 2.75) is 25.4 Å². The number of carbonyl (C=O) groups is 2. The first-order chi connectivity index (χ1) is 15.6. The molecule has 1 N–H and O–H groups in total. The molecule has 2 amide bonds. The van der Waals surface area contributed by atoms with Gasteiger partial charge in [-0.3, -0.25) is 14.6 Å². The quantitative estimate of drug-likeness (QED) is 0.548. The summed E-state index contributed by atoms with van der Waals surface area (Å²) in [5, 5.41) is 3.33. The molecule has 1 fully saturated rings. The van der Waals surface area contributed by atoms with Gasteiger partial charge >= 0.3 is 0 Å². The van der Waals surface area contributed by atoms with Crippen molar-refractivity contribution in [3.8, 4) is 17.0 Å². The molecule has 0 spiro atoms. The van der Waals surface area contributed by atoms with Crippen LogP contribution in [0, 0.1) is 0 Å². The Balaban J connectivity index is 1.24. The Morgan fingerprint density at radius 1 is 1.00 bits per heavy atom. The van der Waals surface area contributed by atoms with E-state index in [9.17, 15) is 9.59 Å². The van der Waals surface area contributed by atoms with Gasteiger partial charge in [0.05, 0.1) is 22.6 Å². The van der Waals surface area contributed by atoms with Gasteiger partial charge in [-0.05, 0) is 24.3 Å². The largest absolute Gasteiger partial charge is 0.489 e. The Labute approximate surface area is 192 Å². The number of para-hydroxylation sites is 1. The monoisotopic (exact) mass is 449 g/mol. The molecule has 1 aliphatic rings. The third-order valence-electron chi connectivity index (χ3n) is 5.35. The molecule has 6 nitrogen and oxygen atoms in total. The summed E-state index contributed by atoms with van der Waals surface area (Å²) in [5.41, 5.74) is 2.39. The highest BCUT2D eigenvalue weighted by atomic mass is 35.5. The maximum atomic E-state index is 12.5. The van der Waals surface area contributed by atoms with Gasteiger partial charge in [-0.2, -0.15) is 0 Å². The average molecular weight is 450 g/mol. The highest BCUT2D eigenvalue weighted by molar-refractivity contribution is 6.32. The van der Waals surface area contributed by atoms with Crippen molar-refractivity contribution in [1.29, 1.82) is 0 Å². The van der Waals surface area contributed by atoms with Gasteiger partial charge in [0, 0.05) is 31.5 Å². The number of halogens is 1. The second kappa shape index (κ2) is 10.3. The van der Waals surface area contributed by atoms with Gasteiger partial charge in [-0.1, -0.05) is 54.1 Å². The summed E-state index contributed by atoms with van der Waals surface area (Å²) in [6, 6.07) is 20.8. The molecule has 0 radical (unpaired) electrons. The maximum Gasteiger partial charge on any atom is 0.233 e. The summed E-state index contributed by atoms with van der Waals surface area (Å²) in [6.07, 6.45) is 2.80. The highest BCUT2D eigenvalue weighted by Gasteiger charge is 2.25. The molecule has 1 aromatic heterocycles. The number of pyridine rings is 1. The molecule has 32 heavy (non-hydrogen) atoms. The Morgan fingerprint density at radius 3 is 2.41 bits per heavy atom. The molecule has 0 aliphatic carbocycles. The van der Waals surface area contributed by atoms with Gasteiger partial charge in [0.2, 0.25) is 11.8 Å². The SMILES string of the molecule is O=C(CC(=O)N1CCC(Oc2ccccc2Cl)CC1)Nc1ccc(-c2ccccc2)nc1. The number of hydrogen-bond donors (Lipinski definition) is 1. The molecule has 3 aromatic rings. The molecule has 164 valence electrons. The molecule has 7 heteroatoms. The van der Waals surface area contributed by atoms with Gasteiger partial charge in [0.25, 0.3) is 0 Å². The fraction of sp³-hybridized carbons (Fsp3) is 0.240. The minimum absolute atomic E-state index is 0.00183. The normalized spacial score (nSPS) is 14.1. The van der Waals surface area contributed by atoms with E-state index in [-0.39, 0.29) is 24.3 Å². The Kier molecular flexibility index (Phi) is 7.02. The molecule has 0 atom stereocenters. The summed E-state index contributed by atoms with van der Waals surface area (Å²) >= 11 is 6.15. The van der Waals surface area contributed by atoms with E-state index < -0.39 is 0 Å². The van der Waals surface area contributed by atoms with E-state index in [1.807, 2.05) is 54.6 Å². The minimum Gasteiger partial charge on any atom is -0.489 e. The van der Waals surface area contributed by atoms with Crippen LogP contribution in [0.15, 0.2) is 72.9 Å². The first-order valence-electron chi connectivity index (χ1n) is 10.6. The smallest absolute Gasteiger partial charge is 0.233 e. The highest BCUT2D eigenvalue weighted by Crippen LogP contribution is 2.27. The number of carbonyl (C=O) groups excluding carboxylic acids is 2. The number of aromatic nitrogens is 1. The minimum atomic E-state index is -0.348. The van der Waals surface area contributed by atoms with Gasteiger partial charge in [-0.25, -0.2) is 0 Å². The molecule has 0 saturated carbocycles. The van der Waals surface area contributed by atoms with Crippen molar-refractivity contribution in [2.75, 3.05) is 18.4 Å². The first kappa shape index (κ1) is 21.8. The van der Waals surface area contributed by atoms with E-state index in [2.05, 4.69) is 10.3 Å². The Morgan fingerprint density at radius 2 is 1.72 bits per heavy atom. The molecular formula is C25H24ClN3O3. The maximum absolute atomic E-state index is 12.5. The summed E-state index contributed by atoms with van der Waals surface area (Å²) in [4.78, 5) is 31.0. The summed E-state index contributed by atoms with van der Waals surface area (Å²) < 4.78 is 5.96. The lowest BCUT2D eigenvalue weighted by Gasteiger charge is -2.32. The van der Waals surface area contributed by atoms with E-state index in [0.717, 1.165) is 11.3 Å². The zero-order chi connectivity index (χ0) is 22.3. The molecule has 2 heterocycles. The van der Waals surface area contributed by atoms with Gasteiger partial charge < -0.3 is 15.0 Å². The number of nitrogens with zero attached hydrogens (tertiary/aromatic N) is 2. The number of ether oxygens (including phenoxy) is 1. The summed E-state index contributed by atoms with van der Waals surface area (Å²) in [7, 11) is 0. The van der Waals surface area contributed by atoms with E-state index in [1.165, 1.54) is 0 Å². The number of amides is 2. The van der Waals surface area contributed by atoms with Crippen LogP contribution in [-0.4, -0.2) is 40.9 Å². The van der Waals surface area contributed by atoms with E-state index in [4.69, 9.17) is 16.3 Å². The zero-order valence-corrected chi connectivity index (χ0v) is 18.3. The predicted molar refractivity (Wildman–Crippen MR) is 125 cm³/mol. The number of nitrogens with one attached hydrogen (secondary N) is 1. The third kappa shape index (κ3) is 5.65. The lowest BCUT2D eigenvalue weighted by atomic mass is 10.1. The molecule has 2 aromatic carbocycles. The number of benzene rings is 2. The standard InChI is InChI=1S/C25H24ClN3O3/c26-21-8-4-5-9-23(21)32-20-12-14-29(15-13-20)25(31)16-24(30)28-19-10-11-22(27-17-19)18-6-2-1-3-7-18/h1-11,17,20H,12-16H2,(H,28,30). The van der Waals surface area contributed by atoms with Crippen molar-refractivity contribution in [3.05, 3.63) is 77.9 Å². The van der Waals surface area contributed by atoms with E-state index in [1.54, 1.807) is 23.2 Å². The zero-order valence-electron chi connectivity index (χ0n) is 17.5. The topological polar surface area (TPSA) is 71.5 Å². The van der Waals surface area contributed by atoms with Crippen molar-refractivity contribution in [2.24, 2.45) is 0 Å². The van der Waals surface area contributed by atoms with Crippen LogP contribution in [0.4, 0.5) is 5.69 Å². The fourth-order valence-corrected chi connectivity index (χ4v) is 3.83.